The van der Waals surface area contributed by atoms with Crippen LogP contribution in [0.1, 0.15) is 153 Å². The molecule has 0 bridgehead atoms. The van der Waals surface area contributed by atoms with Crippen LogP contribution in [0.15, 0.2) is 58.3 Å². The summed E-state index contributed by atoms with van der Waals surface area (Å²) in [5.41, 5.74) is 1.39. The molecular weight excluding hydrogens is 750 g/mol. The second-order valence-electron chi connectivity index (χ2n) is 14.0. The molecule has 314 valence electrons. The number of benzene rings is 2. The van der Waals surface area contributed by atoms with Gasteiger partial charge in [-0.2, -0.15) is 8.42 Å². The quantitative estimate of drug-likeness (QED) is 0.0434. The fraction of sp³-hybridized carbons (Fsp3) is 0.714. The summed E-state index contributed by atoms with van der Waals surface area (Å²) >= 11 is 0. The van der Waals surface area contributed by atoms with Gasteiger partial charge in [0.1, 0.15) is 10.1 Å². The van der Waals surface area contributed by atoms with Crippen molar-refractivity contribution in [2.45, 2.75) is 165 Å². The largest absolute Gasteiger partial charge is 1.00 e. The normalized spacial score (nSPS) is 11.3. The second kappa shape index (κ2) is 37.4. The van der Waals surface area contributed by atoms with Gasteiger partial charge < -0.3 is 19.9 Å². The van der Waals surface area contributed by atoms with E-state index in [0.717, 1.165) is 31.2 Å². The van der Waals surface area contributed by atoms with Crippen LogP contribution in [0, 0.1) is 0 Å². The van der Waals surface area contributed by atoms with Crippen LogP contribution in [-0.4, -0.2) is 85.6 Å². The number of hydrogen-bond donors (Lipinski definition) is 4. The predicted molar refractivity (Wildman–Crippen MR) is 219 cm³/mol. The maximum absolute atomic E-state index is 11.3. The third kappa shape index (κ3) is 31.7. The van der Waals surface area contributed by atoms with Crippen LogP contribution in [-0.2, 0) is 33.1 Å². The molecule has 0 aliphatic heterocycles. The van der Waals surface area contributed by atoms with Crippen LogP contribution in [0.25, 0.3) is 0 Å². The Kier molecular flexibility index (Phi) is 38.2. The number of unbranched alkanes of at least 4 members (excludes halogenated alkanes) is 18. The molecule has 4 N–H and O–H groups in total. The molecule has 2 aromatic rings. The SMILES string of the molecule is CCCCCCCCCCCCc1ccccc1S(=O)(=O)O.CCCCCCCCCCCCc1ccccc1S(=O)(=O)[O-].OCCN(CCO)CCO.[Na+]. The van der Waals surface area contributed by atoms with Crippen molar-refractivity contribution in [1.29, 1.82) is 0 Å². The molecule has 0 spiro atoms. The average Bonchev–Trinajstić information content (AvgIpc) is 3.13. The summed E-state index contributed by atoms with van der Waals surface area (Å²) in [6, 6.07) is 13.3. The van der Waals surface area contributed by atoms with Gasteiger partial charge in [0.2, 0.25) is 0 Å². The van der Waals surface area contributed by atoms with E-state index in [-0.39, 0.29) is 59.2 Å². The molecule has 0 unspecified atom stereocenters. The first kappa shape index (κ1) is 56.2. The van der Waals surface area contributed by atoms with Crippen molar-refractivity contribution in [3.63, 3.8) is 0 Å². The first-order chi connectivity index (χ1) is 26.0. The zero-order valence-corrected chi connectivity index (χ0v) is 38.1. The number of aliphatic hydroxyl groups excluding tert-OH is 3. The molecule has 0 saturated carbocycles. The van der Waals surface area contributed by atoms with Gasteiger partial charge in [0.05, 0.1) is 29.6 Å². The van der Waals surface area contributed by atoms with Gasteiger partial charge >= 0.3 is 29.6 Å². The standard InChI is InChI=1S/2C18H30O3S.C6H15NO3.Na/c2*1-2-3-4-5-6-7-8-9-10-11-14-17-15-12-13-16-18(17)22(19,20)21;8-4-1-7(2-5-9)3-6-10;/h2*12-13,15-16H,2-11,14H2,1H3,(H,19,20,21);8-10H,1-6H2;/q;;;+1/p-1. The van der Waals surface area contributed by atoms with E-state index < -0.39 is 20.2 Å². The van der Waals surface area contributed by atoms with E-state index in [1.165, 1.54) is 115 Å². The fourth-order valence-electron chi connectivity index (χ4n) is 6.28. The average molecular weight is 824 g/mol. The van der Waals surface area contributed by atoms with Crippen LogP contribution in [0.4, 0.5) is 0 Å². The Morgan fingerprint density at radius 2 is 0.782 bits per heavy atom. The second-order valence-corrected chi connectivity index (χ2v) is 16.8. The molecule has 13 heteroatoms. The summed E-state index contributed by atoms with van der Waals surface area (Å²) in [7, 11) is -8.44. The predicted octanol–water partition coefficient (Wildman–Crippen LogP) is 5.72. The monoisotopic (exact) mass is 823 g/mol. The number of hydrogen-bond acceptors (Lipinski definition) is 9. The van der Waals surface area contributed by atoms with Crippen LogP contribution in [0.2, 0.25) is 0 Å². The van der Waals surface area contributed by atoms with E-state index in [1.54, 1.807) is 35.2 Å². The Bertz CT molecular complexity index is 1270. The molecule has 55 heavy (non-hydrogen) atoms. The van der Waals surface area contributed by atoms with Crippen molar-refractivity contribution in [2.24, 2.45) is 0 Å². The van der Waals surface area contributed by atoms with Gasteiger partial charge in [0, 0.05) is 19.6 Å². The maximum atomic E-state index is 11.3. The number of rotatable bonds is 30. The van der Waals surface area contributed by atoms with Crippen molar-refractivity contribution in [1.82, 2.24) is 4.90 Å². The molecule has 0 amide bonds. The van der Waals surface area contributed by atoms with E-state index in [1.807, 2.05) is 6.07 Å². The van der Waals surface area contributed by atoms with Crippen molar-refractivity contribution in [3.05, 3.63) is 59.7 Å². The molecule has 0 aromatic heterocycles. The Morgan fingerprint density at radius 3 is 1.09 bits per heavy atom. The van der Waals surface area contributed by atoms with Crippen LogP contribution >= 0.6 is 0 Å². The maximum Gasteiger partial charge on any atom is 1.00 e. The molecular formula is C42H74NNaO9S2. The number of nitrogens with zero attached hydrogens (tertiary/aromatic N) is 1. The third-order valence-corrected chi connectivity index (χ3v) is 11.2. The summed E-state index contributed by atoms with van der Waals surface area (Å²) in [6.07, 6.45) is 26.5. The van der Waals surface area contributed by atoms with Gasteiger partial charge in [-0.05, 0) is 48.9 Å². The molecule has 0 heterocycles. The van der Waals surface area contributed by atoms with E-state index in [0.29, 0.717) is 38.0 Å². The van der Waals surface area contributed by atoms with Gasteiger partial charge in [-0.15, -0.1) is 0 Å². The summed E-state index contributed by atoms with van der Waals surface area (Å²) < 4.78 is 65.3. The van der Waals surface area contributed by atoms with E-state index in [4.69, 9.17) is 15.3 Å². The van der Waals surface area contributed by atoms with Crippen LogP contribution < -0.4 is 29.6 Å². The molecule has 0 saturated heterocycles. The van der Waals surface area contributed by atoms with Gasteiger partial charge in [0.25, 0.3) is 10.1 Å². The zero-order chi connectivity index (χ0) is 40.3. The topological polar surface area (TPSA) is 175 Å². The van der Waals surface area contributed by atoms with Crippen LogP contribution in [0.5, 0.6) is 0 Å². The van der Waals surface area contributed by atoms with Crippen molar-refractivity contribution >= 4 is 20.2 Å². The zero-order valence-electron chi connectivity index (χ0n) is 34.5. The Morgan fingerprint density at radius 1 is 0.491 bits per heavy atom. The smallest absolute Gasteiger partial charge is 0.744 e. The molecule has 0 atom stereocenters. The van der Waals surface area contributed by atoms with Crippen molar-refractivity contribution in [2.75, 3.05) is 39.5 Å². The minimum atomic E-state index is -4.35. The molecule has 0 aliphatic rings. The molecule has 0 radical (unpaired) electrons. The van der Waals surface area contributed by atoms with Gasteiger partial charge in [-0.1, -0.05) is 166 Å². The summed E-state index contributed by atoms with van der Waals surface area (Å²) in [5.74, 6) is 0. The first-order valence-corrected chi connectivity index (χ1v) is 23.4. The number of aryl methyl sites for hydroxylation is 2. The van der Waals surface area contributed by atoms with Gasteiger partial charge in [-0.3, -0.25) is 9.45 Å². The van der Waals surface area contributed by atoms with E-state index in [2.05, 4.69) is 13.8 Å². The molecule has 10 nitrogen and oxygen atoms in total. The van der Waals surface area contributed by atoms with E-state index in [9.17, 15) is 25.9 Å². The summed E-state index contributed by atoms with van der Waals surface area (Å²) in [6.45, 7) is 6.22. The molecule has 0 aliphatic carbocycles. The Hall–Kier alpha value is -0.900. The first-order valence-electron chi connectivity index (χ1n) is 20.6. The Balaban J connectivity index is 0. The molecule has 2 aromatic carbocycles. The van der Waals surface area contributed by atoms with Crippen molar-refractivity contribution in [3.8, 4) is 0 Å². The fourth-order valence-corrected chi connectivity index (χ4v) is 7.77. The van der Waals surface area contributed by atoms with Crippen molar-refractivity contribution < 1.29 is 70.8 Å². The number of aliphatic hydroxyl groups is 3. The summed E-state index contributed by atoms with van der Waals surface area (Å²) in [5, 5.41) is 25.5. The van der Waals surface area contributed by atoms with Gasteiger partial charge in [-0.25, -0.2) is 8.42 Å². The van der Waals surface area contributed by atoms with E-state index >= 15 is 0 Å². The summed E-state index contributed by atoms with van der Waals surface area (Å²) in [4.78, 5) is 1.80. The molecule has 2 rings (SSSR count). The van der Waals surface area contributed by atoms with Crippen LogP contribution in [0.3, 0.4) is 0 Å². The molecule has 0 fully saturated rings. The minimum absolute atomic E-state index is 0. The minimum Gasteiger partial charge on any atom is -0.744 e. The third-order valence-electron chi connectivity index (χ3n) is 9.34. The Labute approximate surface area is 357 Å². The van der Waals surface area contributed by atoms with Gasteiger partial charge in [0.15, 0.2) is 0 Å².